The molecule has 0 heterocycles. The number of hydrogen-bond acceptors (Lipinski definition) is 3. The first kappa shape index (κ1) is 14.6. The average molecular weight is 287 g/mol. The number of nitro benzene ring substituents is 1. The van der Waals surface area contributed by atoms with Crippen LogP contribution >= 0.6 is 0 Å². The van der Waals surface area contributed by atoms with Crippen molar-refractivity contribution in [3.8, 4) is 0 Å². The van der Waals surface area contributed by atoms with E-state index in [1.54, 1.807) is 0 Å². The fraction of sp³-hybridized carbons (Fsp3) is 0.462. The van der Waals surface area contributed by atoms with E-state index in [9.17, 15) is 23.3 Å². The van der Waals surface area contributed by atoms with Crippen molar-refractivity contribution in [2.75, 3.05) is 5.32 Å². The number of nitrogens with one attached hydrogen (secondary N) is 1. The van der Waals surface area contributed by atoms with Crippen molar-refractivity contribution in [2.24, 2.45) is 0 Å². The number of alkyl halides is 3. The minimum absolute atomic E-state index is 0.0892. The van der Waals surface area contributed by atoms with Crippen molar-refractivity contribution in [3.05, 3.63) is 40.3 Å². The highest BCUT2D eigenvalue weighted by Gasteiger charge is 2.38. The van der Waals surface area contributed by atoms with E-state index in [1.807, 2.05) is 0 Å². The third kappa shape index (κ3) is 3.40. The highest BCUT2D eigenvalue weighted by Crippen LogP contribution is 2.38. The van der Waals surface area contributed by atoms with E-state index in [0.717, 1.165) is 37.8 Å². The second-order valence-corrected chi connectivity index (χ2v) is 4.78. The summed E-state index contributed by atoms with van der Waals surface area (Å²) in [4.78, 5) is 9.64. The molecular weight excluding hydrogens is 273 g/mol. The van der Waals surface area contributed by atoms with Gasteiger partial charge in [-0.3, -0.25) is 10.1 Å². The van der Waals surface area contributed by atoms with Gasteiger partial charge in [-0.2, -0.15) is 13.2 Å². The number of halogens is 3. The van der Waals surface area contributed by atoms with Gasteiger partial charge in [-0.05, 0) is 31.4 Å². The lowest BCUT2D eigenvalue weighted by Gasteiger charge is -2.24. The second kappa shape index (κ2) is 5.68. The summed E-state index contributed by atoms with van der Waals surface area (Å²) < 4.78 is 38.5. The molecule has 2 rings (SSSR count). The Morgan fingerprint density at radius 3 is 2.65 bits per heavy atom. The predicted molar refractivity (Wildman–Crippen MR) is 68.3 cm³/mol. The average Bonchev–Trinajstić information content (AvgIpc) is 2.38. The molecule has 7 heteroatoms. The number of nitro groups is 1. The SMILES string of the molecule is O=[N+]([O-])c1ccc(NC2C[CH]CCC2)cc1C(F)(F)F. The first-order valence-electron chi connectivity index (χ1n) is 6.32. The van der Waals surface area contributed by atoms with Crippen LogP contribution in [0.4, 0.5) is 24.5 Å². The predicted octanol–water partition coefficient (Wildman–Crippen LogP) is 4.17. The van der Waals surface area contributed by atoms with Crippen molar-refractivity contribution in [3.63, 3.8) is 0 Å². The van der Waals surface area contributed by atoms with Gasteiger partial charge < -0.3 is 5.32 Å². The number of nitrogens with zero attached hydrogens (tertiary/aromatic N) is 1. The standard InChI is InChI=1S/C13H14F3N2O2/c14-13(15,16)11-8-10(6-7-12(11)18(19)20)17-9-4-2-1-3-5-9/h2,6-9,17H,1,3-5H2. The molecule has 0 saturated heterocycles. The summed E-state index contributed by atoms with van der Waals surface area (Å²) in [5, 5.41) is 13.7. The summed E-state index contributed by atoms with van der Waals surface area (Å²) in [5.74, 6) is 0. The normalized spacial score (nSPS) is 16.9. The largest absolute Gasteiger partial charge is 0.423 e. The van der Waals surface area contributed by atoms with Crippen LogP contribution in [-0.2, 0) is 6.18 Å². The third-order valence-corrected chi connectivity index (χ3v) is 3.28. The molecule has 1 saturated carbocycles. The van der Waals surface area contributed by atoms with Crippen LogP contribution in [0.5, 0.6) is 0 Å². The van der Waals surface area contributed by atoms with Crippen LogP contribution in [-0.4, -0.2) is 11.0 Å². The molecule has 0 spiro atoms. The van der Waals surface area contributed by atoms with Gasteiger partial charge in [0.25, 0.3) is 5.69 Å². The summed E-state index contributed by atoms with van der Waals surface area (Å²) >= 11 is 0. The summed E-state index contributed by atoms with van der Waals surface area (Å²) in [6, 6.07) is 3.12. The van der Waals surface area contributed by atoms with Crippen LogP contribution in [0.1, 0.15) is 31.2 Å². The number of anilines is 1. The molecule has 1 unspecified atom stereocenters. The Morgan fingerprint density at radius 1 is 1.35 bits per heavy atom. The topological polar surface area (TPSA) is 55.2 Å². The van der Waals surface area contributed by atoms with Gasteiger partial charge >= 0.3 is 6.18 Å². The van der Waals surface area contributed by atoms with Crippen LogP contribution in [0.15, 0.2) is 18.2 Å². The van der Waals surface area contributed by atoms with E-state index in [1.165, 1.54) is 6.07 Å². The van der Waals surface area contributed by atoms with E-state index in [-0.39, 0.29) is 11.7 Å². The lowest BCUT2D eigenvalue weighted by Crippen LogP contribution is -2.22. The van der Waals surface area contributed by atoms with Crippen molar-refractivity contribution < 1.29 is 18.1 Å². The van der Waals surface area contributed by atoms with Crippen LogP contribution in [0.25, 0.3) is 0 Å². The molecule has 1 aromatic rings. The monoisotopic (exact) mass is 287 g/mol. The maximum absolute atomic E-state index is 12.8. The highest BCUT2D eigenvalue weighted by atomic mass is 19.4. The summed E-state index contributed by atoms with van der Waals surface area (Å²) in [5.41, 5.74) is -1.87. The summed E-state index contributed by atoms with van der Waals surface area (Å²) in [7, 11) is 0. The van der Waals surface area contributed by atoms with Crippen molar-refractivity contribution >= 4 is 11.4 Å². The van der Waals surface area contributed by atoms with Crippen LogP contribution in [0, 0.1) is 16.5 Å². The quantitative estimate of drug-likeness (QED) is 0.670. The van der Waals surface area contributed by atoms with Gasteiger partial charge in [0.15, 0.2) is 0 Å². The Labute approximate surface area is 114 Å². The Hall–Kier alpha value is -1.79. The van der Waals surface area contributed by atoms with Gasteiger partial charge in [-0.15, -0.1) is 0 Å². The Kier molecular flexibility index (Phi) is 4.15. The molecule has 1 aliphatic carbocycles. The molecule has 1 N–H and O–H groups in total. The number of benzene rings is 1. The van der Waals surface area contributed by atoms with Crippen LogP contribution in [0.3, 0.4) is 0 Å². The zero-order chi connectivity index (χ0) is 14.8. The fourth-order valence-corrected chi connectivity index (χ4v) is 2.32. The Bertz CT molecular complexity index is 497. The molecule has 1 radical (unpaired) electrons. The minimum atomic E-state index is -4.74. The Balaban J connectivity index is 2.25. The van der Waals surface area contributed by atoms with E-state index in [0.29, 0.717) is 0 Å². The molecule has 0 amide bonds. The van der Waals surface area contributed by atoms with Crippen molar-refractivity contribution in [1.82, 2.24) is 0 Å². The molecule has 0 aliphatic heterocycles. The minimum Gasteiger partial charge on any atom is -0.382 e. The maximum atomic E-state index is 12.8. The van der Waals surface area contributed by atoms with Gasteiger partial charge in [-0.1, -0.05) is 12.8 Å². The van der Waals surface area contributed by atoms with Gasteiger partial charge in [0.05, 0.1) is 4.92 Å². The first-order chi connectivity index (χ1) is 9.38. The molecule has 1 aromatic carbocycles. The van der Waals surface area contributed by atoms with Gasteiger partial charge in [0, 0.05) is 17.8 Å². The lowest BCUT2D eigenvalue weighted by molar-refractivity contribution is -0.388. The van der Waals surface area contributed by atoms with Crippen LogP contribution in [0.2, 0.25) is 0 Å². The highest BCUT2D eigenvalue weighted by molar-refractivity contribution is 5.55. The fourth-order valence-electron chi connectivity index (χ4n) is 2.32. The van der Waals surface area contributed by atoms with Crippen LogP contribution < -0.4 is 5.32 Å². The number of rotatable bonds is 3. The zero-order valence-electron chi connectivity index (χ0n) is 10.6. The van der Waals surface area contributed by atoms with Crippen molar-refractivity contribution in [1.29, 1.82) is 0 Å². The van der Waals surface area contributed by atoms with Gasteiger partial charge in [-0.25, -0.2) is 0 Å². The molecular formula is C13H14F3N2O2. The molecule has 0 bridgehead atoms. The van der Waals surface area contributed by atoms with E-state index < -0.39 is 22.4 Å². The molecule has 20 heavy (non-hydrogen) atoms. The van der Waals surface area contributed by atoms with E-state index >= 15 is 0 Å². The summed E-state index contributed by atoms with van der Waals surface area (Å²) in [6.45, 7) is 0. The third-order valence-electron chi connectivity index (χ3n) is 3.28. The first-order valence-corrected chi connectivity index (χ1v) is 6.32. The molecule has 1 atom stereocenters. The van der Waals surface area contributed by atoms with Gasteiger partial charge in [0.2, 0.25) is 0 Å². The smallest absolute Gasteiger partial charge is 0.382 e. The second-order valence-electron chi connectivity index (χ2n) is 4.78. The van der Waals surface area contributed by atoms with Gasteiger partial charge in [0.1, 0.15) is 5.56 Å². The molecule has 4 nitrogen and oxygen atoms in total. The zero-order valence-corrected chi connectivity index (χ0v) is 10.6. The Morgan fingerprint density at radius 2 is 2.10 bits per heavy atom. The lowest BCUT2D eigenvalue weighted by atomic mass is 9.95. The maximum Gasteiger partial charge on any atom is 0.423 e. The van der Waals surface area contributed by atoms with Crippen molar-refractivity contribution in [2.45, 2.75) is 37.9 Å². The molecule has 0 aromatic heterocycles. The van der Waals surface area contributed by atoms with E-state index in [2.05, 4.69) is 11.7 Å². The summed E-state index contributed by atoms with van der Waals surface area (Å²) in [6.07, 6.45) is 1.05. The number of hydrogen-bond donors (Lipinski definition) is 1. The van der Waals surface area contributed by atoms with E-state index in [4.69, 9.17) is 0 Å². The molecule has 1 aliphatic rings. The molecule has 1 fully saturated rings. The molecule has 109 valence electrons.